The van der Waals surface area contributed by atoms with Crippen LogP contribution in [0.5, 0.6) is 0 Å². The minimum atomic E-state index is -0.490. The molecule has 1 atom stereocenters. The quantitative estimate of drug-likeness (QED) is 0.595. The summed E-state index contributed by atoms with van der Waals surface area (Å²) >= 11 is 0. The topological polar surface area (TPSA) is 118 Å². The number of aromatic nitrogens is 2. The van der Waals surface area contributed by atoms with Crippen molar-refractivity contribution < 1.29 is 10.0 Å². The molecule has 19 heavy (non-hydrogen) atoms. The maximum atomic E-state index is 11.0. The molecule has 8 heteroatoms. The molecule has 104 valence electrons. The lowest BCUT2D eigenvalue weighted by molar-refractivity contribution is -0.384. The normalized spacial score (nSPS) is 18.8. The Morgan fingerprint density at radius 2 is 2.42 bits per heavy atom. The number of hydrogen-bond donors (Lipinski definition) is 2. The Kier molecular flexibility index (Phi) is 4.10. The van der Waals surface area contributed by atoms with Crippen LogP contribution in [0.1, 0.15) is 25.7 Å². The first kappa shape index (κ1) is 13.5. The summed E-state index contributed by atoms with van der Waals surface area (Å²) in [5.74, 6) is 0.325. The fourth-order valence-electron chi connectivity index (χ4n) is 2.46. The van der Waals surface area contributed by atoms with Crippen molar-refractivity contribution >= 4 is 17.5 Å². The standard InChI is InChI=1S/C11H17N5O3/c12-11-13-7-9(16(18)19)10(14-11)15-5-1-3-8(15)4-2-6-17/h7-8,17H,1-6H2,(H2,12,13,14). The molecular formula is C11H17N5O3. The van der Waals surface area contributed by atoms with Gasteiger partial charge in [-0.2, -0.15) is 4.98 Å². The van der Waals surface area contributed by atoms with E-state index in [0.717, 1.165) is 25.5 Å². The van der Waals surface area contributed by atoms with Crippen molar-refractivity contribution in [1.82, 2.24) is 9.97 Å². The van der Waals surface area contributed by atoms with E-state index in [-0.39, 0.29) is 30.1 Å². The van der Waals surface area contributed by atoms with Gasteiger partial charge in [0.2, 0.25) is 11.8 Å². The smallest absolute Gasteiger partial charge is 0.329 e. The maximum absolute atomic E-state index is 11.0. The Balaban J connectivity index is 2.28. The summed E-state index contributed by atoms with van der Waals surface area (Å²) in [5.41, 5.74) is 5.41. The van der Waals surface area contributed by atoms with E-state index < -0.39 is 4.92 Å². The highest BCUT2D eigenvalue weighted by Gasteiger charge is 2.31. The monoisotopic (exact) mass is 267 g/mol. The fourth-order valence-corrected chi connectivity index (χ4v) is 2.46. The van der Waals surface area contributed by atoms with Gasteiger partial charge in [-0.1, -0.05) is 0 Å². The second-order valence-electron chi connectivity index (χ2n) is 4.55. The fraction of sp³-hybridized carbons (Fsp3) is 0.636. The molecule has 2 heterocycles. The molecule has 1 aromatic rings. The summed E-state index contributed by atoms with van der Waals surface area (Å²) in [7, 11) is 0. The summed E-state index contributed by atoms with van der Waals surface area (Å²) in [4.78, 5) is 20.1. The van der Waals surface area contributed by atoms with Gasteiger partial charge in [-0.15, -0.1) is 0 Å². The van der Waals surface area contributed by atoms with Crippen LogP contribution in [0.4, 0.5) is 17.5 Å². The molecule has 1 fully saturated rings. The van der Waals surface area contributed by atoms with Gasteiger partial charge in [0.25, 0.3) is 0 Å². The molecule has 0 saturated carbocycles. The summed E-state index contributed by atoms with van der Waals surface area (Å²) in [5, 5.41) is 19.9. The van der Waals surface area contributed by atoms with Crippen molar-refractivity contribution in [3.8, 4) is 0 Å². The van der Waals surface area contributed by atoms with E-state index >= 15 is 0 Å². The number of nitrogens with zero attached hydrogens (tertiary/aromatic N) is 4. The highest BCUT2D eigenvalue weighted by atomic mass is 16.6. The van der Waals surface area contributed by atoms with Crippen molar-refractivity contribution in [1.29, 1.82) is 0 Å². The summed E-state index contributed by atoms with van der Waals surface area (Å²) in [6.07, 6.45) is 4.52. The summed E-state index contributed by atoms with van der Waals surface area (Å²) < 4.78 is 0. The molecular weight excluding hydrogens is 250 g/mol. The van der Waals surface area contributed by atoms with E-state index in [1.165, 1.54) is 0 Å². The Morgan fingerprint density at radius 1 is 1.63 bits per heavy atom. The van der Waals surface area contributed by atoms with Gasteiger partial charge in [-0.25, -0.2) is 4.98 Å². The number of aliphatic hydroxyl groups is 1. The number of nitrogen functional groups attached to an aromatic ring is 1. The van der Waals surface area contributed by atoms with Gasteiger partial charge in [-0.3, -0.25) is 10.1 Å². The first-order valence-electron chi connectivity index (χ1n) is 6.28. The lowest BCUT2D eigenvalue weighted by atomic mass is 10.1. The number of nitro groups is 1. The van der Waals surface area contributed by atoms with Gasteiger partial charge in [0, 0.05) is 19.2 Å². The number of rotatable bonds is 5. The van der Waals surface area contributed by atoms with Crippen LogP contribution >= 0.6 is 0 Å². The molecule has 0 aliphatic carbocycles. The van der Waals surface area contributed by atoms with E-state index in [1.54, 1.807) is 0 Å². The highest BCUT2D eigenvalue weighted by molar-refractivity contribution is 5.59. The number of hydrogen-bond acceptors (Lipinski definition) is 7. The van der Waals surface area contributed by atoms with E-state index in [4.69, 9.17) is 10.8 Å². The van der Waals surface area contributed by atoms with Crippen molar-refractivity contribution in [2.45, 2.75) is 31.7 Å². The van der Waals surface area contributed by atoms with Crippen LogP contribution in [0, 0.1) is 10.1 Å². The largest absolute Gasteiger partial charge is 0.396 e. The molecule has 0 spiro atoms. The van der Waals surface area contributed by atoms with Crippen LogP contribution in [0.25, 0.3) is 0 Å². The Hall–Kier alpha value is -1.96. The second kappa shape index (κ2) is 5.79. The average molecular weight is 267 g/mol. The lowest BCUT2D eigenvalue weighted by Gasteiger charge is -2.25. The zero-order valence-corrected chi connectivity index (χ0v) is 10.5. The molecule has 0 amide bonds. The number of aliphatic hydroxyl groups excluding tert-OH is 1. The Bertz CT molecular complexity index is 468. The van der Waals surface area contributed by atoms with E-state index in [1.807, 2.05) is 4.90 Å². The third-order valence-electron chi connectivity index (χ3n) is 3.31. The van der Waals surface area contributed by atoms with Crippen molar-refractivity contribution in [3.05, 3.63) is 16.3 Å². The van der Waals surface area contributed by atoms with E-state index in [2.05, 4.69) is 9.97 Å². The predicted octanol–water partition coefficient (Wildman–Crippen LogP) is 0.708. The molecule has 0 bridgehead atoms. The third-order valence-corrected chi connectivity index (χ3v) is 3.31. The number of nitrogens with two attached hydrogens (primary N) is 1. The average Bonchev–Trinajstić information content (AvgIpc) is 2.83. The molecule has 1 aliphatic rings. The molecule has 8 nitrogen and oxygen atoms in total. The van der Waals surface area contributed by atoms with Gasteiger partial charge in [0.1, 0.15) is 6.20 Å². The maximum Gasteiger partial charge on any atom is 0.329 e. The van der Waals surface area contributed by atoms with Crippen LogP contribution in [0.2, 0.25) is 0 Å². The van der Waals surface area contributed by atoms with Gasteiger partial charge in [0.05, 0.1) is 4.92 Å². The van der Waals surface area contributed by atoms with Crippen LogP contribution in [-0.4, -0.2) is 39.2 Å². The molecule has 3 N–H and O–H groups in total. The second-order valence-corrected chi connectivity index (χ2v) is 4.55. The van der Waals surface area contributed by atoms with Gasteiger partial charge in [0.15, 0.2) is 0 Å². The van der Waals surface area contributed by atoms with Crippen LogP contribution in [0.3, 0.4) is 0 Å². The minimum absolute atomic E-state index is 0.0356. The zero-order valence-electron chi connectivity index (χ0n) is 10.5. The van der Waals surface area contributed by atoms with E-state index in [9.17, 15) is 10.1 Å². The first-order valence-corrected chi connectivity index (χ1v) is 6.28. The molecule has 1 saturated heterocycles. The third kappa shape index (κ3) is 2.90. The SMILES string of the molecule is Nc1ncc([N+](=O)[O-])c(N2CCCC2CCCO)n1. The van der Waals surface area contributed by atoms with Gasteiger partial charge >= 0.3 is 5.69 Å². The Morgan fingerprint density at radius 3 is 3.11 bits per heavy atom. The molecule has 1 unspecified atom stereocenters. The van der Waals surface area contributed by atoms with Crippen LogP contribution < -0.4 is 10.6 Å². The molecule has 1 aliphatic heterocycles. The molecule has 0 radical (unpaired) electrons. The van der Waals surface area contributed by atoms with Gasteiger partial charge in [-0.05, 0) is 25.7 Å². The van der Waals surface area contributed by atoms with Crippen LogP contribution in [0.15, 0.2) is 6.20 Å². The molecule has 0 aromatic carbocycles. The summed E-state index contributed by atoms with van der Waals surface area (Å²) in [6, 6.07) is 0.167. The van der Waals surface area contributed by atoms with Crippen molar-refractivity contribution in [2.24, 2.45) is 0 Å². The van der Waals surface area contributed by atoms with Crippen molar-refractivity contribution in [2.75, 3.05) is 23.8 Å². The van der Waals surface area contributed by atoms with Crippen molar-refractivity contribution in [3.63, 3.8) is 0 Å². The van der Waals surface area contributed by atoms with Crippen LogP contribution in [-0.2, 0) is 0 Å². The predicted molar refractivity (Wildman–Crippen MR) is 69.8 cm³/mol. The Labute approximate surface area is 110 Å². The van der Waals surface area contributed by atoms with Gasteiger partial charge < -0.3 is 15.7 Å². The first-order chi connectivity index (χ1) is 9.13. The zero-order chi connectivity index (χ0) is 13.8. The highest BCUT2D eigenvalue weighted by Crippen LogP contribution is 2.33. The molecule has 1 aromatic heterocycles. The number of anilines is 2. The minimum Gasteiger partial charge on any atom is -0.396 e. The molecule has 2 rings (SSSR count). The lowest BCUT2D eigenvalue weighted by Crippen LogP contribution is -2.31. The van der Waals surface area contributed by atoms with E-state index in [0.29, 0.717) is 13.0 Å². The summed E-state index contributed by atoms with van der Waals surface area (Å²) in [6.45, 7) is 0.839.